The third-order valence-electron chi connectivity index (χ3n) is 4.12. The predicted octanol–water partition coefficient (Wildman–Crippen LogP) is 5.09. The topological polar surface area (TPSA) is 46.5 Å². The van der Waals surface area contributed by atoms with Gasteiger partial charge in [-0.3, -0.25) is 5.10 Å². The van der Waals surface area contributed by atoms with E-state index in [9.17, 15) is 17.6 Å². The lowest BCUT2D eigenvalue weighted by Crippen LogP contribution is -2.04. The fourth-order valence-electron chi connectivity index (χ4n) is 2.82. The lowest BCUT2D eigenvalue weighted by Gasteiger charge is -2.09. The van der Waals surface area contributed by atoms with E-state index < -0.39 is 11.7 Å². The molecule has 0 atom stereocenters. The summed E-state index contributed by atoms with van der Waals surface area (Å²) in [5.74, 6) is -0.374. The molecule has 0 radical (unpaired) electrons. The molecule has 8 heteroatoms. The molecule has 0 aliphatic rings. The Hall–Kier alpha value is -3.42. The van der Waals surface area contributed by atoms with Crippen LogP contribution in [0.5, 0.6) is 0 Å². The third-order valence-corrected chi connectivity index (χ3v) is 4.12. The molecule has 0 unspecified atom stereocenters. The first-order valence-electron chi connectivity index (χ1n) is 7.94. The van der Waals surface area contributed by atoms with Crippen molar-refractivity contribution in [1.29, 1.82) is 0 Å². The highest BCUT2D eigenvalue weighted by atomic mass is 19.4. The summed E-state index contributed by atoms with van der Waals surface area (Å²) < 4.78 is 53.4. The van der Waals surface area contributed by atoms with Crippen LogP contribution in [0.4, 0.5) is 17.6 Å². The average molecular weight is 372 g/mol. The Morgan fingerprint density at radius 3 is 2.15 bits per heavy atom. The van der Waals surface area contributed by atoms with E-state index in [0.717, 1.165) is 12.1 Å². The maximum absolute atomic E-state index is 13.2. The van der Waals surface area contributed by atoms with Crippen molar-refractivity contribution in [2.24, 2.45) is 0 Å². The maximum Gasteiger partial charge on any atom is 0.416 e. The highest BCUT2D eigenvalue weighted by Crippen LogP contribution is 2.35. The quantitative estimate of drug-likeness (QED) is 0.510. The Labute approximate surface area is 151 Å². The third kappa shape index (κ3) is 3.21. The summed E-state index contributed by atoms with van der Waals surface area (Å²) >= 11 is 0. The summed E-state index contributed by atoms with van der Waals surface area (Å²) in [6, 6.07) is 10.6. The van der Waals surface area contributed by atoms with Gasteiger partial charge in [-0.15, -0.1) is 0 Å². The summed E-state index contributed by atoms with van der Waals surface area (Å²) in [7, 11) is 0. The normalized spacial score (nSPS) is 11.7. The molecule has 0 amide bonds. The number of H-pyrrole nitrogens is 1. The summed E-state index contributed by atoms with van der Waals surface area (Å²) in [5.41, 5.74) is 2.14. The van der Waals surface area contributed by atoms with Crippen LogP contribution in [0.15, 0.2) is 67.3 Å². The Balaban J connectivity index is 1.85. The molecular formula is C19H12F4N4. The number of nitrogens with zero attached hydrogens (tertiary/aromatic N) is 3. The highest BCUT2D eigenvalue weighted by molar-refractivity contribution is 5.81. The van der Waals surface area contributed by atoms with Crippen LogP contribution in [0.2, 0.25) is 0 Å². The first-order valence-corrected chi connectivity index (χ1v) is 7.94. The lowest BCUT2D eigenvalue weighted by atomic mass is 10.0. The zero-order valence-corrected chi connectivity index (χ0v) is 13.7. The predicted molar refractivity (Wildman–Crippen MR) is 91.5 cm³/mol. The molecule has 4 rings (SSSR count). The van der Waals surface area contributed by atoms with Gasteiger partial charge in [-0.05, 0) is 36.4 Å². The van der Waals surface area contributed by atoms with Gasteiger partial charge in [0.2, 0.25) is 0 Å². The number of aromatic nitrogens is 4. The second-order valence-electron chi connectivity index (χ2n) is 5.85. The van der Waals surface area contributed by atoms with Crippen molar-refractivity contribution in [3.05, 3.63) is 78.6 Å². The monoisotopic (exact) mass is 372 g/mol. The first kappa shape index (κ1) is 17.0. The van der Waals surface area contributed by atoms with Crippen LogP contribution in [0.3, 0.4) is 0 Å². The number of rotatable bonds is 3. The van der Waals surface area contributed by atoms with Crippen LogP contribution in [-0.2, 0) is 6.18 Å². The van der Waals surface area contributed by atoms with Gasteiger partial charge >= 0.3 is 6.18 Å². The van der Waals surface area contributed by atoms with Crippen molar-refractivity contribution in [2.75, 3.05) is 0 Å². The molecule has 0 saturated heterocycles. The molecule has 136 valence electrons. The number of aromatic amines is 1. The molecule has 0 bridgehead atoms. The fourth-order valence-corrected chi connectivity index (χ4v) is 2.82. The van der Waals surface area contributed by atoms with Crippen molar-refractivity contribution >= 4 is 0 Å². The molecule has 2 aromatic carbocycles. The molecule has 0 aliphatic heterocycles. The van der Waals surface area contributed by atoms with Gasteiger partial charge in [0.05, 0.1) is 17.6 Å². The molecule has 0 spiro atoms. The van der Waals surface area contributed by atoms with Gasteiger partial charge in [0.25, 0.3) is 0 Å². The van der Waals surface area contributed by atoms with Crippen molar-refractivity contribution in [1.82, 2.24) is 19.7 Å². The van der Waals surface area contributed by atoms with Crippen LogP contribution in [0.25, 0.3) is 28.2 Å². The number of benzene rings is 2. The van der Waals surface area contributed by atoms with Gasteiger partial charge in [0.1, 0.15) is 17.2 Å². The SMILES string of the molecule is Fc1ccc(-c2n[nH]c(-c3ccc(C(F)(F)F)cc3)c2-n2ccnc2)cc1. The van der Waals surface area contributed by atoms with E-state index >= 15 is 0 Å². The van der Waals surface area contributed by atoms with Crippen LogP contribution in [0, 0.1) is 5.82 Å². The van der Waals surface area contributed by atoms with Gasteiger partial charge in [-0.1, -0.05) is 12.1 Å². The standard InChI is InChI=1S/C19H12F4N4/c20-15-7-3-13(4-8-15)17-18(27-10-9-24-11-27)16(25-26-17)12-1-5-14(6-2-12)19(21,22)23/h1-11H,(H,25,26). The van der Waals surface area contributed by atoms with E-state index in [1.54, 1.807) is 35.4 Å². The highest BCUT2D eigenvalue weighted by Gasteiger charge is 2.30. The molecule has 2 heterocycles. The first-order chi connectivity index (χ1) is 12.9. The largest absolute Gasteiger partial charge is 0.416 e. The van der Waals surface area contributed by atoms with Crippen molar-refractivity contribution < 1.29 is 17.6 Å². The second kappa shape index (κ2) is 6.39. The molecule has 4 nitrogen and oxygen atoms in total. The number of alkyl halides is 3. The van der Waals surface area contributed by atoms with Gasteiger partial charge < -0.3 is 4.57 Å². The van der Waals surface area contributed by atoms with E-state index in [0.29, 0.717) is 28.2 Å². The minimum absolute atomic E-state index is 0.374. The number of halogens is 4. The molecule has 27 heavy (non-hydrogen) atoms. The fraction of sp³-hybridized carbons (Fsp3) is 0.0526. The molecule has 4 aromatic rings. The average Bonchev–Trinajstić information content (AvgIpc) is 3.31. The van der Waals surface area contributed by atoms with Gasteiger partial charge in [-0.2, -0.15) is 18.3 Å². The van der Waals surface area contributed by atoms with Crippen LogP contribution < -0.4 is 0 Å². The number of nitrogens with one attached hydrogen (secondary N) is 1. The van der Waals surface area contributed by atoms with Gasteiger partial charge in [0.15, 0.2) is 0 Å². The molecule has 0 fully saturated rings. The van der Waals surface area contributed by atoms with E-state index in [1.165, 1.54) is 24.3 Å². The minimum Gasteiger partial charge on any atom is -0.302 e. The molecule has 2 aromatic heterocycles. The van der Waals surface area contributed by atoms with Crippen LogP contribution in [0.1, 0.15) is 5.56 Å². The smallest absolute Gasteiger partial charge is 0.302 e. The number of hydrogen-bond donors (Lipinski definition) is 1. The molecule has 0 aliphatic carbocycles. The summed E-state index contributed by atoms with van der Waals surface area (Å²) in [4.78, 5) is 4.02. The van der Waals surface area contributed by atoms with Crippen molar-refractivity contribution in [2.45, 2.75) is 6.18 Å². The Bertz CT molecular complexity index is 1050. The summed E-state index contributed by atoms with van der Waals surface area (Å²) in [5, 5.41) is 7.18. The Morgan fingerprint density at radius 2 is 1.56 bits per heavy atom. The zero-order valence-electron chi connectivity index (χ0n) is 13.7. The van der Waals surface area contributed by atoms with Gasteiger partial charge in [0, 0.05) is 23.5 Å². The molecule has 1 N–H and O–H groups in total. The maximum atomic E-state index is 13.2. The van der Waals surface area contributed by atoms with E-state index in [4.69, 9.17) is 0 Å². The molecular weight excluding hydrogens is 360 g/mol. The number of hydrogen-bond acceptors (Lipinski definition) is 2. The lowest BCUT2D eigenvalue weighted by molar-refractivity contribution is -0.137. The van der Waals surface area contributed by atoms with Crippen molar-refractivity contribution in [3.8, 4) is 28.2 Å². The summed E-state index contributed by atoms with van der Waals surface area (Å²) in [6.07, 6.45) is 0.438. The second-order valence-corrected chi connectivity index (χ2v) is 5.85. The molecule has 0 saturated carbocycles. The van der Waals surface area contributed by atoms with Crippen molar-refractivity contribution in [3.63, 3.8) is 0 Å². The Kier molecular flexibility index (Phi) is 4.02. The van der Waals surface area contributed by atoms with E-state index in [-0.39, 0.29) is 5.82 Å². The van der Waals surface area contributed by atoms with E-state index in [1.807, 2.05) is 0 Å². The van der Waals surface area contributed by atoms with E-state index in [2.05, 4.69) is 15.2 Å². The minimum atomic E-state index is -4.40. The van der Waals surface area contributed by atoms with Gasteiger partial charge in [-0.25, -0.2) is 9.37 Å². The Morgan fingerprint density at radius 1 is 0.889 bits per heavy atom. The van der Waals surface area contributed by atoms with Crippen LogP contribution in [-0.4, -0.2) is 19.7 Å². The zero-order chi connectivity index (χ0) is 19.0. The number of imidazole rings is 1. The van der Waals surface area contributed by atoms with Crippen LogP contribution >= 0.6 is 0 Å². The summed E-state index contributed by atoms with van der Waals surface area (Å²) in [6.45, 7) is 0.